The topological polar surface area (TPSA) is 66.4 Å². The van der Waals surface area contributed by atoms with Gasteiger partial charge < -0.3 is 10.4 Å². The normalized spacial score (nSPS) is 12.3. The quantitative estimate of drug-likeness (QED) is 0.894. The van der Waals surface area contributed by atoms with Crippen molar-refractivity contribution in [1.82, 2.24) is 0 Å². The third-order valence-electron chi connectivity index (χ3n) is 2.73. The van der Waals surface area contributed by atoms with E-state index < -0.39 is 11.9 Å². The van der Waals surface area contributed by atoms with E-state index in [0.29, 0.717) is 10.6 Å². The number of carboxylic acids is 1. The highest BCUT2D eigenvalue weighted by Crippen LogP contribution is 2.40. The minimum absolute atomic E-state index is 0.194. The van der Waals surface area contributed by atoms with Crippen LogP contribution in [0.3, 0.4) is 0 Å². The van der Waals surface area contributed by atoms with Crippen LogP contribution in [0.2, 0.25) is 0 Å². The Kier molecular flexibility index (Phi) is 3.34. The first-order valence-corrected chi connectivity index (χ1v) is 6.34. The summed E-state index contributed by atoms with van der Waals surface area (Å²) in [5, 5.41) is 13.4. The first-order valence-electron chi connectivity index (χ1n) is 5.52. The zero-order chi connectivity index (χ0) is 13.3. The fourth-order valence-electron chi connectivity index (χ4n) is 1.87. The van der Waals surface area contributed by atoms with Gasteiger partial charge in [0.2, 0.25) is 5.91 Å². The summed E-state index contributed by atoms with van der Waals surface area (Å²) in [5.74, 6) is -1.74. The Morgan fingerprint density at radius 3 is 2.61 bits per heavy atom. The van der Waals surface area contributed by atoms with E-state index in [1.54, 1.807) is 6.92 Å². The number of hydrogen-bond donors (Lipinski definition) is 2. The fourth-order valence-corrected chi connectivity index (χ4v) is 3.12. The second-order valence-electron chi connectivity index (χ2n) is 4.08. The van der Waals surface area contributed by atoms with E-state index in [1.165, 1.54) is 18.3 Å². The zero-order valence-corrected chi connectivity index (χ0v) is 10.9. The van der Waals surface area contributed by atoms with E-state index in [-0.39, 0.29) is 5.91 Å². The molecule has 0 spiro atoms. The van der Waals surface area contributed by atoms with Crippen molar-refractivity contribution in [2.45, 2.75) is 19.8 Å². The number of anilines is 1. The summed E-state index contributed by atoms with van der Waals surface area (Å²) in [4.78, 5) is 22.4. The monoisotopic (exact) mass is 263 g/mol. The molecule has 4 nitrogen and oxygen atoms in total. The molecule has 1 heterocycles. The molecule has 2 aromatic rings. The van der Waals surface area contributed by atoms with Gasteiger partial charge in [-0.05, 0) is 18.4 Å². The molecule has 0 saturated carbocycles. The van der Waals surface area contributed by atoms with Gasteiger partial charge in [0.05, 0.1) is 5.92 Å². The Hall–Kier alpha value is -1.88. The maximum absolute atomic E-state index is 11.2. The van der Waals surface area contributed by atoms with Gasteiger partial charge >= 0.3 is 5.97 Å². The molecule has 0 aliphatic carbocycles. The molecule has 1 aromatic carbocycles. The zero-order valence-electron chi connectivity index (χ0n) is 10.1. The van der Waals surface area contributed by atoms with Crippen LogP contribution < -0.4 is 5.32 Å². The molecule has 18 heavy (non-hydrogen) atoms. The second kappa shape index (κ2) is 4.78. The van der Waals surface area contributed by atoms with Crippen molar-refractivity contribution >= 4 is 38.3 Å². The molecule has 1 amide bonds. The molecule has 1 aromatic heterocycles. The molecule has 5 heteroatoms. The highest BCUT2D eigenvalue weighted by molar-refractivity contribution is 7.23. The third kappa shape index (κ3) is 2.22. The van der Waals surface area contributed by atoms with Crippen molar-refractivity contribution in [2.75, 3.05) is 5.32 Å². The number of fused-ring (bicyclic) bond motifs is 1. The minimum Gasteiger partial charge on any atom is -0.481 e. The molecule has 1 unspecified atom stereocenters. The van der Waals surface area contributed by atoms with Crippen LogP contribution in [-0.2, 0) is 9.59 Å². The molecule has 2 N–H and O–H groups in total. The van der Waals surface area contributed by atoms with Crippen molar-refractivity contribution in [3.8, 4) is 0 Å². The molecular weight excluding hydrogens is 250 g/mol. The van der Waals surface area contributed by atoms with Crippen LogP contribution >= 0.6 is 11.3 Å². The predicted molar refractivity (Wildman–Crippen MR) is 72.2 cm³/mol. The fraction of sp³-hybridized carbons (Fsp3) is 0.231. The molecule has 0 saturated heterocycles. The van der Waals surface area contributed by atoms with Gasteiger partial charge in [0.15, 0.2) is 0 Å². The van der Waals surface area contributed by atoms with Gasteiger partial charge in [0.1, 0.15) is 5.00 Å². The van der Waals surface area contributed by atoms with Gasteiger partial charge in [0.25, 0.3) is 0 Å². The minimum atomic E-state index is -0.898. The average molecular weight is 263 g/mol. The Morgan fingerprint density at radius 2 is 2.00 bits per heavy atom. The average Bonchev–Trinajstić information content (AvgIpc) is 2.64. The van der Waals surface area contributed by atoms with Crippen molar-refractivity contribution in [3.05, 3.63) is 29.8 Å². The third-order valence-corrected chi connectivity index (χ3v) is 3.83. The lowest BCUT2D eigenvalue weighted by molar-refractivity contribution is -0.138. The second-order valence-corrected chi connectivity index (χ2v) is 5.13. The molecule has 94 valence electrons. The van der Waals surface area contributed by atoms with E-state index in [2.05, 4.69) is 5.32 Å². The van der Waals surface area contributed by atoms with Gasteiger partial charge in [-0.3, -0.25) is 9.59 Å². The molecule has 0 aliphatic rings. The number of carboxylic acid groups (broad SMARTS) is 1. The van der Waals surface area contributed by atoms with Gasteiger partial charge in [-0.15, -0.1) is 11.3 Å². The smallest absolute Gasteiger partial charge is 0.310 e. The van der Waals surface area contributed by atoms with Crippen molar-refractivity contribution in [2.24, 2.45) is 0 Å². The molecule has 0 bridgehead atoms. The first-order chi connectivity index (χ1) is 8.50. The number of nitrogens with one attached hydrogen (secondary N) is 1. The Balaban J connectivity index is 2.64. The summed E-state index contributed by atoms with van der Waals surface area (Å²) in [6.07, 6.45) is 0. The standard InChI is InChI=1S/C13H13NO3S/c1-7(13(16)17)11-9-5-3-4-6-10(9)18-12(11)14-8(2)15/h3-7H,1-2H3,(H,14,15)(H,16,17). The van der Waals surface area contributed by atoms with Crippen LogP contribution in [0.15, 0.2) is 24.3 Å². The maximum Gasteiger partial charge on any atom is 0.310 e. The first kappa shape index (κ1) is 12.6. The summed E-state index contributed by atoms with van der Waals surface area (Å²) in [6.45, 7) is 3.04. The molecule has 0 radical (unpaired) electrons. The maximum atomic E-state index is 11.2. The lowest BCUT2D eigenvalue weighted by Crippen LogP contribution is -2.11. The molecule has 0 aliphatic heterocycles. The van der Waals surface area contributed by atoms with Crippen LogP contribution in [-0.4, -0.2) is 17.0 Å². The van der Waals surface area contributed by atoms with Crippen LogP contribution in [0.4, 0.5) is 5.00 Å². The van der Waals surface area contributed by atoms with Gasteiger partial charge in [-0.2, -0.15) is 0 Å². The van der Waals surface area contributed by atoms with Gasteiger partial charge in [-0.25, -0.2) is 0 Å². The SMILES string of the molecule is CC(=O)Nc1sc2ccccc2c1C(C)C(=O)O. The van der Waals surface area contributed by atoms with Crippen LogP contribution in [0, 0.1) is 0 Å². The highest BCUT2D eigenvalue weighted by atomic mass is 32.1. The Bertz CT molecular complexity index is 618. The van der Waals surface area contributed by atoms with Crippen molar-refractivity contribution in [3.63, 3.8) is 0 Å². The summed E-state index contributed by atoms with van der Waals surface area (Å²) >= 11 is 1.40. The summed E-state index contributed by atoms with van der Waals surface area (Å²) in [6, 6.07) is 7.56. The Morgan fingerprint density at radius 1 is 1.33 bits per heavy atom. The number of amides is 1. The lowest BCUT2D eigenvalue weighted by Gasteiger charge is -2.09. The number of carbonyl (C=O) groups is 2. The molecule has 0 fully saturated rings. The van der Waals surface area contributed by atoms with E-state index in [4.69, 9.17) is 5.11 Å². The highest BCUT2D eigenvalue weighted by Gasteiger charge is 2.23. The Labute approximate surface area is 108 Å². The van der Waals surface area contributed by atoms with E-state index in [9.17, 15) is 9.59 Å². The predicted octanol–water partition coefficient (Wildman–Crippen LogP) is 3.05. The van der Waals surface area contributed by atoms with Crippen LogP contribution in [0.25, 0.3) is 10.1 Å². The number of benzene rings is 1. The number of rotatable bonds is 3. The number of thiophene rings is 1. The van der Waals surface area contributed by atoms with Crippen LogP contribution in [0.5, 0.6) is 0 Å². The van der Waals surface area contributed by atoms with Crippen LogP contribution in [0.1, 0.15) is 25.3 Å². The number of aliphatic carboxylic acids is 1. The summed E-state index contributed by atoms with van der Waals surface area (Å²) < 4.78 is 0.976. The van der Waals surface area contributed by atoms with Crippen molar-refractivity contribution in [1.29, 1.82) is 0 Å². The molecular formula is C13H13NO3S. The van der Waals surface area contributed by atoms with Gasteiger partial charge in [-0.1, -0.05) is 18.2 Å². The summed E-state index contributed by atoms with van der Waals surface area (Å²) in [5.41, 5.74) is 0.679. The van der Waals surface area contributed by atoms with E-state index in [1.807, 2.05) is 24.3 Å². The largest absolute Gasteiger partial charge is 0.481 e. The number of hydrogen-bond acceptors (Lipinski definition) is 3. The van der Waals surface area contributed by atoms with Crippen molar-refractivity contribution < 1.29 is 14.7 Å². The van der Waals surface area contributed by atoms with E-state index in [0.717, 1.165) is 10.1 Å². The lowest BCUT2D eigenvalue weighted by atomic mass is 9.99. The van der Waals surface area contributed by atoms with E-state index >= 15 is 0 Å². The summed E-state index contributed by atoms with van der Waals surface area (Å²) in [7, 11) is 0. The molecule has 1 atom stereocenters. The van der Waals surface area contributed by atoms with Gasteiger partial charge in [0, 0.05) is 17.2 Å². The number of carbonyl (C=O) groups excluding carboxylic acids is 1. The molecule has 2 rings (SSSR count).